The summed E-state index contributed by atoms with van der Waals surface area (Å²) in [5.74, 6) is 0.974. The van der Waals surface area contributed by atoms with E-state index in [0.717, 1.165) is 56.5 Å². The fraction of sp³-hybridized carbons (Fsp3) is 0.500. The van der Waals surface area contributed by atoms with Crippen LogP contribution >= 0.6 is 11.5 Å². The molecule has 2 heterocycles. The molecule has 4 nitrogen and oxygen atoms in total. The predicted molar refractivity (Wildman–Crippen MR) is 88.1 cm³/mol. The van der Waals surface area contributed by atoms with Gasteiger partial charge in [-0.15, -0.1) is 0 Å². The average Bonchev–Trinajstić information content (AvgIpc) is 3.03. The van der Waals surface area contributed by atoms with Gasteiger partial charge in [-0.05, 0) is 12.0 Å². The third kappa shape index (κ3) is 3.80. The Morgan fingerprint density at radius 3 is 2.52 bits per heavy atom. The molecule has 0 bridgehead atoms. The lowest BCUT2D eigenvalue weighted by Gasteiger charge is -2.34. The molecule has 1 aromatic carbocycles. The summed E-state index contributed by atoms with van der Waals surface area (Å²) in [6, 6.07) is 10.7. The van der Waals surface area contributed by atoms with Gasteiger partial charge in [0.25, 0.3) is 0 Å². The van der Waals surface area contributed by atoms with E-state index in [1.165, 1.54) is 17.1 Å². The Morgan fingerprint density at radius 1 is 1.10 bits per heavy atom. The number of aromatic nitrogens is 2. The molecule has 21 heavy (non-hydrogen) atoms. The maximum Gasteiger partial charge on any atom is 0.205 e. The summed E-state index contributed by atoms with van der Waals surface area (Å²) < 4.78 is 4.38. The van der Waals surface area contributed by atoms with Crippen LogP contribution in [-0.4, -0.2) is 47.0 Å². The molecule has 0 radical (unpaired) electrons. The molecule has 5 heteroatoms. The van der Waals surface area contributed by atoms with Crippen molar-refractivity contribution < 1.29 is 0 Å². The third-order valence-corrected chi connectivity index (χ3v) is 4.79. The standard InChI is InChI=1S/C16H22N4S/c1-2-15-17-16(21-18-15)20-12-10-19(11-13-20)9-8-14-6-4-3-5-7-14/h3-7H,2,8-13H2,1H3. The molecule has 112 valence electrons. The lowest BCUT2D eigenvalue weighted by Crippen LogP contribution is -2.47. The fourth-order valence-corrected chi connectivity index (χ4v) is 3.41. The summed E-state index contributed by atoms with van der Waals surface area (Å²) in [4.78, 5) is 9.50. The van der Waals surface area contributed by atoms with Crippen LogP contribution in [0, 0.1) is 0 Å². The van der Waals surface area contributed by atoms with Gasteiger partial charge in [0.2, 0.25) is 5.13 Å². The first-order chi connectivity index (χ1) is 10.3. The van der Waals surface area contributed by atoms with Crippen LogP contribution in [0.4, 0.5) is 5.13 Å². The Bertz CT molecular complexity index is 546. The molecule has 1 aliphatic heterocycles. The molecule has 0 amide bonds. The van der Waals surface area contributed by atoms with Gasteiger partial charge in [0, 0.05) is 50.7 Å². The molecule has 0 N–H and O–H groups in total. The number of piperazine rings is 1. The van der Waals surface area contributed by atoms with Crippen molar-refractivity contribution in [2.24, 2.45) is 0 Å². The number of anilines is 1. The van der Waals surface area contributed by atoms with Crippen LogP contribution in [-0.2, 0) is 12.8 Å². The van der Waals surface area contributed by atoms with Crippen LogP contribution in [0.2, 0.25) is 0 Å². The van der Waals surface area contributed by atoms with E-state index in [4.69, 9.17) is 0 Å². The number of aryl methyl sites for hydroxylation is 1. The lowest BCUT2D eigenvalue weighted by molar-refractivity contribution is 0.261. The van der Waals surface area contributed by atoms with E-state index in [0.29, 0.717) is 0 Å². The minimum absolute atomic E-state index is 0.924. The van der Waals surface area contributed by atoms with E-state index in [1.807, 2.05) is 0 Å². The van der Waals surface area contributed by atoms with Crippen molar-refractivity contribution in [3.05, 3.63) is 41.7 Å². The van der Waals surface area contributed by atoms with Crippen molar-refractivity contribution in [3.63, 3.8) is 0 Å². The smallest absolute Gasteiger partial charge is 0.205 e. The number of hydrogen-bond donors (Lipinski definition) is 0. The lowest BCUT2D eigenvalue weighted by atomic mass is 10.1. The minimum Gasteiger partial charge on any atom is -0.344 e. The second-order valence-corrected chi connectivity index (χ2v) is 6.14. The maximum absolute atomic E-state index is 4.59. The molecular formula is C16H22N4S. The molecule has 0 unspecified atom stereocenters. The number of nitrogens with zero attached hydrogens (tertiary/aromatic N) is 4. The van der Waals surface area contributed by atoms with Gasteiger partial charge in [0.05, 0.1) is 0 Å². The van der Waals surface area contributed by atoms with Gasteiger partial charge >= 0.3 is 0 Å². The summed E-state index contributed by atoms with van der Waals surface area (Å²) in [7, 11) is 0. The Labute approximate surface area is 130 Å². The van der Waals surface area contributed by atoms with E-state index >= 15 is 0 Å². The molecule has 1 saturated heterocycles. The number of rotatable bonds is 5. The van der Waals surface area contributed by atoms with Crippen LogP contribution in [0.3, 0.4) is 0 Å². The topological polar surface area (TPSA) is 32.3 Å². The number of hydrogen-bond acceptors (Lipinski definition) is 5. The summed E-state index contributed by atoms with van der Waals surface area (Å²) in [5, 5.41) is 1.09. The first kappa shape index (κ1) is 14.5. The molecule has 0 saturated carbocycles. The van der Waals surface area contributed by atoms with Crippen LogP contribution in [0.1, 0.15) is 18.3 Å². The highest BCUT2D eigenvalue weighted by atomic mass is 32.1. The van der Waals surface area contributed by atoms with Gasteiger partial charge in [0.1, 0.15) is 5.82 Å². The van der Waals surface area contributed by atoms with Crippen molar-refractivity contribution in [2.45, 2.75) is 19.8 Å². The van der Waals surface area contributed by atoms with Crippen molar-refractivity contribution >= 4 is 16.7 Å². The molecule has 1 fully saturated rings. The first-order valence-electron chi connectivity index (χ1n) is 7.69. The van der Waals surface area contributed by atoms with Crippen molar-refractivity contribution in [2.75, 3.05) is 37.6 Å². The molecular weight excluding hydrogens is 280 g/mol. The Hall–Kier alpha value is -1.46. The number of benzene rings is 1. The summed E-state index contributed by atoms with van der Waals surface area (Å²) in [5.41, 5.74) is 1.43. The molecule has 1 aliphatic rings. The monoisotopic (exact) mass is 302 g/mol. The highest BCUT2D eigenvalue weighted by Gasteiger charge is 2.19. The molecule has 0 aliphatic carbocycles. The van der Waals surface area contributed by atoms with Gasteiger partial charge < -0.3 is 4.90 Å². The SMILES string of the molecule is CCc1nsc(N2CCN(CCc3ccccc3)CC2)n1. The van der Waals surface area contributed by atoms with Crippen LogP contribution in [0.15, 0.2) is 30.3 Å². The van der Waals surface area contributed by atoms with Gasteiger partial charge in [0.15, 0.2) is 0 Å². The third-order valence-electron chi connectivity index (χ3n) is 3.98. The quantitative estimate of drug-likeness (QED) is 0.849. The van der Waals surface area contributed by atoms with E-state index < -0.39 is 0 Å². The fourth-order valence-electron chi connectivity index (χ4n) is 2.61. The van der Waals surface area contributed by atoms with E-state index in [2.05, 4.69) is 56.4 Å². The van der Waals surface area contributed by atoms with Crippen molar-refractivity contribution in [3.8, 4) is 0 Å². The molecule has 1 aromatic heterocycles. The molecule has 2 aromatic rings. The Balaban J connectivity index is 1.46. The normalized spacial score (nSPS) is 16.3. The van der Waals surface area contributed by atoms with Crippen molar-refractivity contribution in [1.29, 1.82) is 0 Å². The van der Waals surface area contributed by atoms with Crippen LogP contribution < -0.4 is 4.90 Å². The van der Waals surface area contributed by atoms with Gasteiger partial charge in [-0.1, -0.05) is 37.3 Å². The summed E-state index contributed by atoms with van der Waals surface area (Å²) in [6.07, 6.45) is 2.06. The predicted octanol–water partition coefficient (Wildman–Crippen LogP) is 2.47. The zero-order chi connectivity index (χ0) is 14.5. The Morgan fingerprint density at radius 2 is 1.86 bits per heavy atom. The van der Waals surface area contributed by atoms with Crippen molar-refractivity contribution in [1.82, 2.24) is 14.3 Å². The van der Waals surface area contributed by atoms with E-state index in [9.17, 15) is 0 Å². The van der Waals surface area contributed by atoms with E-state index in [-0.39, 0.29) is 0 Å². The highest BCUT2D eigenvalue weighted by Crippen LogP contribution is 2.19. The first-order valence-corrected chi connectivity index (χ1v) is 8.46. The second kappa shape index (κ2) is 7.00. The maximum atomic E-state index is 4.59. The summed E-state index contributed by atoms with van der Waals surface area (Å²) >= 11 is 1.54. The van der Waals surface area contributed by atoms with Gasteiger partial charge in [-0.25, -0.2) is 4.98 Å². The zero-order valence-electron chi connectivity index (χ0n) is 12.5. The van der Waals surface area contributed by atoms with Gasteiger partial charge in [-0.3, -0.25) is 4.90 Å². The summed E-state index contributed by atoms with van der Waals surface area (Å²) in [6.45, 7) is 7.61. The second-order valence-electron chi connectivity index (χ2n) is 5.41. The Kier molecular flexibility index (Phi) is 4.83. The average molecular weight is 302 g/mol. The highest BCUT2D eigenvalue weighted by molar-refractivity contribution is 7.09. The zero-order valence-corrected chi connectivity index (χ0v) is 13.4. The van der Waals surface area contributed by atoms with Crippen LogP contribution in [0.5, 0.6) is 0 Å². The van der Waals surface area contributed by atoms with Crippen LogP contribution in [0.25, 0.3) is 0 Å². The molecule has 0 atom stereocenters. The molecule has 0 spiro atoms. The van der Waals surface area contributed by atoms with E-state index in [1.54, 1.807) is 0 Å². The van der Waals surface area contributed by atoms with Gasteiger partial charge in [-0.2, -0.15) is 4.37 Å². The largest absolute Gasteiger partial charge is 0.344 e. The minimum atomic E-state index is 0.924. The molecule has 3 rings (SSSR count).